The molecular formula is C18H20ClFN2O2. The smallest absolute Gasteiger partial charge is 0.241 e. The molecule has 2 aromatic rings. The highest BCUT2D eigenvalue weighted by Gasteiger charge is 2.19. The zero-order valence-corrected chi connectivity index (χ0v) is 14.4. The summed E-state index contributed by atoms with van der Waals surface area (Å²) in [7, 11) is 1.84. The number of para-hydroxylation sites is 1. The van der Waals surface area contributed by atoms with Gasteiger partial charge >= 0.3 is 0 Å². The summed E-state index contributed by atoms with van der Waals surface area (Å²) in [4.78, 5) is 14.1. The molecule has 24 heavy (non-hydrogen) atoms. The van der Waals surface area contributed by atoms with Crippen molar-refractivity contribution in [2.24, 2.45) is 0 Å². The number of carbonyl (C=O) groups is 1. The fourth-order valence-corrected chi connectivity index (χ4v) is 2.26. The van der Waals surface area contributed by atoms with Crippen molar-refractivity contribution < 1.29 is 13.9 Å². The molecule has 1 atom stereocenters. The predicted octanol–water partition coefficient (Wildman–Crippen LogP) is 3.82. The Bertz CT molecular complexity index is 682. The molecule has 0 aliphatic rings. The molecule has 0 fully saturated rings. The van der Waals surface area contributed by atoms with Gasteiger partial charge in [0.15, 0.2) is 0 Å². The van der Waals surface area contributed by atoms with Crippen LogP contribution < -0.4 is 10.1 Å². The average molecular weight is 351 g/mol. The van der Waals surface area contributed by atoms with E-state index in [-0.39, 0.29) is 17.0 Å². The number of rotatable bonds is 7. The van der Waals surface area contributed by atoms with Gasteiger partial charge < -0.3 is 10.1 Å². The summed E-state index contributed by atoms with van der Waals surface area (Å²) in [6.45, 7) is 2.84. The van der Waals surface area contributed by atoms with Gasteiger partial charge in [-0.3, -0.25) is 9.69 Å². The Morgan fingerprint density at radius 1 is 1.29 bits per heavy atom. The quantitative estimate of drug-likeness (QED) is 0.825. The van der Waals surface area contributed by atoms with E-state index < -0.39 is 5.82 Å². The van der Waals surface area contributed by atoms with Crippen LogP contribution in [-0.4, -0.2) is 37.0 Å². The molecule has 0 aliphatic carbocycles. The van der Waals surface area contributed by atoms with Crippen LogP contribution in [0.4, 0.5) is 10.1 Å². The molecule has 1 N–H and O–H groups in total. The van der Waals surface area contributed by atoms with Gasteiger partial charge in [-0.25, -0.2) is 4.39 Å². The summed E-state index contributed by atoms with van der Waals surface area (Å²) >= 11 is 5.92. The molecule has 128 valence electrons. The van der Waals surface area contributed by atoms with Gasteiger partial charge in [0, 0.05) is 6.54 Å². The molecule has 4 nitrogen and oxygen atoms in total. The maximum Gasteiger partial charge on any atom is 0.241 e. The van der Waals surface area contributed by atoms with Crippen molar-refractivity contribution in [3.8, 4) is 5.75 Å². The Balaban J connectivity index is 1.83. The fraction of sp³-hybridized carbons (Fsp3) is 0.278. The minimum absolute atomic E-state index is 0.172. The maximum absolute atomic E-state index is 13.0. The van der Waals surface area contributed by atoms with Gasteiger partial charge in [-0.15, -0.1) is 0 Å². The van der Waals surface area contributed by atoms with E-state index in [4.69, 9.17) is 16.3 Å². The number of nitrogens with zero attached hydrogens (tertiary/aromatic N) is 1. The highest BCUT2D eigenvalue weighted by atomic mass is 35.5. The molecule has 0 spiro atoms. The predicted molar refractivity (Wildman–Crippen MR) is 94.1 cm³/mol. The maximum atomic E-state index is 13.0. The third-order valence-electron chi connectivity index (χ3n) is 3.69. The van der Waals surface area contributed by atoms with Crippen LogP contribution in [0.3, 0.4) is 0 Å². The van der Waals surface area contributed by atoms with Gasteiger partial charge in [-0.05, 0) is 44.3 Å². The lowest BCUT2D eigenvalue weighted by Crippen LogP contribution is -2.41. The minimum Gasteiger partial charge on any atom is -0.492 e. The normalized spacial score (nSPS) is 12.0. The lowest BCUT2D eigenvalue weighted by Gasteiger charge is -2.24. The minimum atomic E-state index is -0.443. The summed E-state index contributed by atoms with van der Waals surface area (Å²) in [6.07, 6.45) is 0. The first-order valence-electron chi connectivity index (χ1n) is 7.61. The molecule has 2 rings (SSSR count). The van der Waals surface area contributed by atoms with Gasteiger partial charge in [0.2, 0.25) is 5.91 Å². The zero-order valence-electron chi connectivity index (χ0n) is 13.6. The molecule has 0 aromatic heterocycles. The second-order valence-electron chi connectivity index (χ2n) is 5.43. The van der Waals surface area contributed by atoms with Crippen molar-refractivity contribution in [2.45, 2.75) is 13.0 Å². The summed E-state index contributed by atoms with van der Waals surface area (Å²) in [5.41, 5.74) is 0.392. The number of likely N-dealkylation sites (N-methyl/N-ethyl adjacent to an activating group) is 1. The number of carbonyl (C=O) groups excluding carboxylic acids is 1. The van der Waals surface area contributed by atoms with E-state index in [1.165, 1.54) is 18.2 Å². The first-order chi connectivity index (χ1) is 11.5. The number of anilines is 1. The Kier molecular flexibility index (Phi) is 6.58. The Morgan fingerprint density at radius 2 is 2.00 bits per heavy atom. The van der Waals surface area contributed by atoms with Gasteiger partial charge in [0.25, 0.3) is 0 Å². The van der Waals surface area contributed by atoms with Crippen LogP contribution in [-0.2, 0) is 4.79 Å². The molecular weight excluding hydrogens is 331 g/mol. The highest BCUT2D eigenvalue weighted by molar-refractivity contribution is 6.33. The van der Waals surface area contributed by atoms with Crippen LogP contribution in [0.2, 0.25) is 5.02 Å². The SMILES string of the molecule is C[C@@H](C(=O)Nc1ccc(F)cc1Cl)N(C)CCOc1ccccc1. The van der Waals surface area contributed by atoms with Crippen molar-refractivity contribution in [2.75, 3.05) is 25.5 Å². The number of halogens is 2. The van der Waals surface area contributed by atoms with E-state index in [9.17, 15) is 9.18 Å². The number of nitrogens with one attached hydrogen (secondary N) is 1. The molecule has 0 heterocycles. The summed E-state index contributed by atoms with van der Waals surface area (Å²) in [6, 6.07) is 13.0. The van der Waals surface area contributed by atoms with Crippen molar-refractivity contribution in [3.63, 3.8) is 0 Å². The van der Waals surface area contributed by atoms with Crippen LogP contribution in [0.1, 0.15) is 6.92 Å². The van der Waals surface area contributed by atoms with Crippen molar-refractivity contribution >= 4 is 23.2 Å². The molecule has 0 unspecified atom stereocenters. The van der Waals surface area contributed by atoms with E-state index >= 15 is 0 Å². The molecule has 0 saturated heterocycles. The molecule has 6 heteroatoms. The average Bonchev–Trinajstić information content (AvgIpc) is 2.57. The Morgan fingerprint density at radius 3 is 2.67 bits per heavy atom. The Labute approximate surface area is 146 Å². The lowest BCUT2D eigenvalue weighted by molar-refractivity contribution is -0.120. The molecule has 2 aromatic carbocycles. The molecule has 1 amide bonds. The largest absolute Gasteiger partial charge is 0.492 e. The number of ether oxygens (including phenoxy) is 1. The number of hydrogen-bond acceptors (Lipinski definition) is 3. The molecule has 0 bridgehead atoms. The third-order valence-corrected chi connectivity index (χ3v) is 4.00. The lowest BCUT2D eigenvalue weighted by atomic mass is 10.2. The van der Waals surface area contributed by atoms with Gasteiger partial charge in [-0.1, -0.05) is 29.8 Å². The summed E-state index contributed by atoms with van der Waals surface area (Å²) < 4.78 is 18.7. The Hall–Kier alpha value is -2.11. The zero-order chi connectivity index (χ0) is 17.5. The molecule has 0 radical (unpaired) electrons. The standard InChI is InChI=1S/C18H20ClFN2O2/c1-13(18(23)21-17-9-8-14(20)12-16(17)19)22(2)10-11-24-15-6-4-3-5-7-15/h3-9,12-13H,10-11H2,1-2H3,(H,21,23)/t13-/m0/s1. The van der Waals surface area contributed by atoms with Crippen LogP contribution in [0.15, 0.2) is 48.5 Å². The fourth-order valence-electron chi connectivity index (χ4n) is 2.05. The molecule has 0 aliphatic heterocycles. The third kappa shape index (κ3) is 5.22. The van der Waals surface area contributed by atoms with E-state index in [0.29, 0.717) is 18.8 Å². The molecule has 0 saturated carbocycles. The second-order valence-corrected chi connectivity index (χ2v) is 5.84. The second kappa shape index (κ2) is 8.66. The van der Waals surface area contributed by atoms with E-state index in [2.05, 4.69) is 5.32 Å². The van der Waals surface area contributed by atoms with Crippen molar-refractivity contribution in [1.82, 2.24) is 4.90 Å². The van der Waals surface area contributed by atoms with Gasteiger partial charge in [-0.2, -0.15) is 0 Å². The van der Waals surface area contributed by atoms with E-state index in [1.807, 2.05) is 42.3 Å². The number of hydrogen-bond donors (Lipinski definition) is 1. The van der Waals surface area contributed by atoms with Crippen molar-refractivity contribution in [1.29, 1.82) is 0 Å². The van der Waals surface area contributed by atoms with Gasteiger partial charge in [0.1, 0.15) is 18.2 Å². The van der Waals surface area contributed by atoms with Crippen LogP contribution in [0, 0.1) is 5.82 Å². The van der Waals surface area contributed by atoms with Crippen LogP contribution >= 0.6 is 11.6 Å². The number of amides is 1. The first-order valence-corrected chi connectivity index (χ1v) is 7.99. The number of benzene rings is 2. The summed E-state index contributed by atoms with van der Waals surface area (Å²) in [5.74, 6) is 0.132. The highest BCUT2D eigenvalue weighted by Crippen LogP contribution is 2.22. The van der Waals surface area contributed by atoms with Crippen LogP contribution in [0.25, 0.3) is 0 Å². The monoisotopic (exact) mass is 350 g/mol. The topological polar surface area (TPSA) is 41.6 Å². The van der Waals surface area contributed by atoms with E-state index in [1.54, 1.807) is 6.92 Å². The van der Waals surface area contributed by atoms with E-state index in [0.717, 1.165) is 5.75 Å². The van der Waals surface area contributed by atoms with Crippen molar-refractivity contribution in [3.05, 3.63) is 59.4 Å². The first kappa shape index (κ1) is 18.2. The van der Waals surface area contributed by atoms with Crippen LogP contribution in [0.5, 0.6) is 5.75 Å². The van der Waals surface area contributed by atoms with Gasteiger partial charge in [0.05, 0.1) is 16.8 Å². The summed E-state index contributed by atoms with van der Waals surface area (Å²) in [5, 5.41) is 2.88.